The first-order valence-electron chi connectivity index (χ1n) is 9.57. The number of nitrogens with zero attached hydrogens (tertiary/aromatic N) is 1. The smallest absolute Gasteiger partial charge is 0.335 e. The average Bonchev–Trinajstić information content (AvgIpc) is 2.77. The summed E-state index contributed by atoms with van der Waals surface area (Å²) in [6, 6.07) is 16.9. The number of amides is 1. The van der Waals surface area contributed by atoms with Crippen LogP contribution in [0.4, 0.5) is 11.4 Å². The summed E-state index contributed by atoms with van der Waals surface area (Å²) < 4.78 is 11.2. The van der Waals surface area contributed by atoms with E-state index in [9.17, 15) is 9.59 Å². The van der Waals surface area contributed by atoms with Crippen LogP contribution in [0.3, 0.4) is 0 Å². The topological polar surface area (TPSA) is 102 Å². The number of hydrogen-bond acceptors (Lipinski definition) is 5. The fourth-order valence-electron chi connectivity index (χ4n) is 3.07. The minimum atomic E-state index is -0.979. The van der Waals surface area contributed by atoms with Crippen LogP contribution >= 0.6 is 0 Å². The van der Waals surface area contributed by atoms with E-state index in [1.165, 1.54) is 24.1 Å². The van der Waals surface area contributed by atoms with E-state index in [1.54, 1.807) is 37.4 Å². The van der Waals surface area contributed by atoms with Gasteiger partial charge >= 0.3 is 5.97 Å². The first-order chi connectivity index (χ1) is 14.8. The van der Waals surface area contributed by atoms with E-state index in [2.05, 4.69) is 0 Å². The number of carboxylic acids is 1. The maximum absolute atomic E-state index is 13.1. The Morgan fingerprint density at radius 3 is 2.29 bits per heavy atom. The number of aromatic carboxylic acids is 1. The Hall–Kier alpha value is -4.00. The molecule has 160 valence electrons. The van der Waals surface area contributed by atoms with Crippen molar-refractivity contribution in [1.29, 1.82) is 0 Å². The molecule has 0 heterocycles. The number of hydrogen-bond donors (Lipinski definition) is 2. The van der Waals surface area contributed by atoms with Gasteiger partial charge in [-0.1, -0.05) is 18.2 Å². The fourth-order valence-corrected chi connectivity index (χ4v) is 3.07. The predicted molar refractivity (Wildman–Crippen MR) is 119 cm³/mol. The molecule has 7 heteroatoms. The Kier molecular flexibility index (Phi) is 6.45. The summed E-state index contributed by atoms with van der Waals surface area (Å²) in [5.74, 6) is -0.240. The van der Waals surface area contributed by atoms with Gasteiger partial charge in [0, 0.05) is 12.6 Å². The largest absolute Gasteiger partial charge is 0.495 e. The molecule has 7 nitrogen and oxygen atoms in total. The summed E-state index contributed by atoms with van der Waals surface area (Å²) in [6.07, 6.45) is 0. The third-order valence-corrected chi connectivity index (χ3v) is 4.86. The first kappa shape index (κ1) is 21.7. The van der Waals surface area contributed by atoms with Crippen molar-refractivity contribution in [2.75, 3.05) is 24.8 Å². The molecule has 0 aliphatic rings. The lowest BCUT2D eigenvalue weighted by Gasteiger charge is -2.22. The van der Waals surface area contributed by atoms with Gasteiger partial charge in [0.1, 0.15) is 18.1 Å². The van der Waals surface area contributed by atoms with Crippen molar-refractivity contribution < 1.29 is 24.2 Å². The summed E-state index contributed by atoms with van der Waals surface area (Å²) in [5.41, 5.74) is 9.35. The van der Waals surface area contributed by atoms with Crippen LogP contribution in [0.2, 0.25) is 0 Å². The molecular weight excluding hydrogens is 396 g/mol. The molecule has 0 spiro atoms. The summed E-state index contributed by atoms with van der Waals surface area (Å²) in [7, 11) is 3.17. The Labute approximate surface area is 180 Å². The third-order valence-electron chi connectivity index (χ3n) is 4.86. The zero-order chi connectivity index (χ0) is 22.5. The zero-order valence-electron chi connectivity index (χ0n) is 17.6. The van der Waals surface area contributed by atoms with E-state index in [0.29, 0.717) is 28.4 Å². The van der Waals surface area contributed by atoms with Gasteiger partial charge in [0.15, 0.2) is 0 Å². The predicted octanol–water partition coefficient (Wildman–Crippen LogP) is 4.14. The number of benzene rings is 3. The number of carboxylic acid groups (broad SMARTS) is 1. The normalized spacial score (nSPS) is 10.4. The summed E-state index contributed by atoms with van der Waals surface area (Å²) in [4.78, 5) is 25.6. The monoisotopic (exact) mass is 420 g/mol. The SMILES string of the molecule is COc1cc(C(=O)N(C)c2ccc(C)cc2OCc2ccc(C(=O)O)cc2)ccc1N. The van der Waals surface area contributed by atoms with Gasteiger partial charge in [0.25, 0.3) is 5.91 Å². The van der Waals surface area contributed by atoms with Crippen LogP contribution in [0, 0.1) is 6.92 Å². The molecule has 1 amide bonds. The van der Waals surface area contributed by atoms with Crippen LogP contribution in [0.5, 0.6) is 11.5 Å². The van der Waals surface area contributed by atoms with Gasteiger partial charge in [-0.05, 0) is 60.5 Å². The highest BCUT2D eigenvalue weighted by Gasteiger charge is 2.19. The molecule has 0 aliphatic heterocycles. The molecule has 0 aliphatic carbocycles. The number of methoxy groups -OCH3 is 1. The molecule has 0 bridgehead atoms. The van der Waals surface area contributed by atoms with Crippen molar-refractivity contribution in [3.63, 3.8) is 0 Å². The molecular formula is C24H24N2O5. The van der Waals surface area contributed by atoms with Gasteiger partial charge in [0.05, 0.1) is 24.0 Å². The molecule has 3 rings (SSSR count). The molecule has 0 atom stereocenters. The van der Waals surface area contributed by atoms with Gasteiger partial charge in [-0.25, -0.2) is 4.79 Å². The number of rotatable bonds is 7. The van der Waals surface area contributed by atoms with Crippen molar-refractivity contribution in [3.05, 3.63) is 82.9 Å². The second kappa shape index (κ2) is 9.21. The van der Waals surface area contributed by atoms with E-state index in [0.717, 1.165) is 11.1 Å². The number of anilines is 2. The van der Waals surface area contributed by atoms with E-state index >= 15 is 0 Å². The molecule has 31 heavy (non-hydrogen) atoms. The highest BCUT2D eigenvalue weighted by atomic mass is 16.5. The number of nitrogens with two attached hydrogens (primary N) is 1. The van der Waals surface area contributed by atoms with Crippen LogP contribution in [0.15, 0.2) is 60.7 Å². The van der Waals surface area contributed by atoms with Gasteiger partial charge in [-0.3, -0.25) is 4.79 Å². The Balaban J connectivity index is 1.83. The highest BCUT2D eigenvalue weighted by Crippen LogP contribution is 2.31. The summed E-state index contributed by atoms with van der Waals surface area (Å²) in [6.45, 7) is 2.17. The highest BCUT2D eigenvalue weighted by molar-refractivity contribution is 6.07. The second-order valence-corrected chi connectivity index (χ2v) is 7.08. The summed E-state index contributed by atoms with van der Waals surface area (Å²) >= 11 is 0. The number of nitrogen functional groups attached to an aromatic ring is 1. The molecule has 0 saturated carbocycles. The van der Waals surface area contributed by atoms with Crippen molar-refractivity contribution >= 4 is 23.3 Å². The van der Waals surface area contributed by atoms with E-state index in [4.69, 9.17) is 20.3 Å². The lowest BCUT2D eigenvalue weighted by molar-refractivity contribution is 0.0696. The van der Waals surface area contributed by atoms with E-state index < -0.39 is 5.97 Å². The molecule has 3 aromatic carbocycles. The third kappa shape index (κ3) is 4.95. The lowest BCUT2D eigenvalue weighted by atomic mass is 10.1. The quantitative estimate of drug-likeness (QED) is 0.557. The van der Waals surface area contributed by atoms with E-state index in [-0.39, 0.29) is 18.1 Å². The molecule has 0 radical (unpaired) electrons. The van der Waals surface area contributed by atoms with Crippen LogP contribution < -0.4 is 20.1 Å². The maximum Gasteiger partial charge on any atom is 0.335 e. The first-order valence-corrected chi connectivity index (χ1v) is 9.57. The zero-order valence-corrected chi connectivity index (χ0v) is 17.6. The number of ether oxygens (including phenoxy) is 2. The Morgan fingerprint density at radius 2 is 1.65 bits per heavy atom. The van der Waals surface area contributed by atoms with Crippen molar-refractivity contribution in [2.45, 2.75) is 13.5 Å². The van der Waals surface area contributed by atoms with Crippen molar-refractivity contribution in [1.82, 2.24) is 0 Å². The van der Waals surface area contributed by atoms with Crippen LogP contribution in [-0.4, -0.2) is 31.1 Å². The van der Waals surface area contributed by atoms with Gasteiger partial charge in [-0.2, -0.15) is 0 Å². The Morgan fingerprint density at radius 1 is 0.968 bits per heavy atom. The van der Waals surface area contributed by atoms with Crippen LogP contribution in [0.25, 0.3) is 0 Å². The van der Waals surface area contributed by atoms with Crippen LogP contribution in [0.1, 0.15) is 31.8 Å². The second-order valence-electron chi connectivity index (χ2n) is 7.08. The van der Waals surface area contributed by atoms with Gasteiger partial charge in [-0.15, -0.1) is 0 Å². The summed E-state index contributed by atoms with van der Waals surface area (Å²) in [5, 5.41) is 9.02. The number of aryl methyl sites for hydroxylation is 1. The molecule has 3 aromatic rings. The number of carbonyl (C=O) groups excluding carboxylic acids is 1. The standard InChI is InChI=1S/C24H24N2O5/c1-15-4-11-20(26(2)23(27)18-9-10-19(25)21(13-18)30-3)22(12-15)31-14-16-5-7-17(8-6-16)24(28)29/h4-13H,14,25H2,1-3H3,(H,28,29). The van der Waals surface area contributed by atoms with E-state index in [1.807, 2.05) is 25.1 Å². The average molecular weight is 420 g/mol. The minimum Gasteiger partial charge on any atom is -0.495 e. The molecule has 0 unspecified atom stereocenters. The molecule has 0 fully saturated rings. The van der Waals surface area contributed by atoms with Crippen molar-refractivity contribution in [3.8, 4) is 11.5 Å². The number of carbonyl (C=O) groups is 2. The van der Waals surface area contributed by atoms with Crippen molar-refractivity contribution in [2.24, 2.45) is 0 Å². The maximum atomic E-state index is 13.1. The molecule has 0 saturated heterocycles. The lowest BCUT2D eigenvalue weighted by Crippen LogP contribution is -2.26. The molecule has 3 N–H and O–H groups in total. The molecule has 0 aromatic heterocycles. The minimum absolute atomic E-state index is 0.212. The fraction of sp³-hybridized carbons (Fsp3) is 0.167. The van der Waals surface area contributed by atoms with Gasteiger partial charge < -0.3 is 25.2 Å². The Bertz CT molecular complexity index is 1110. The van der Waals surface area contributed by atoms with Crippen LogP contribution in [-0.2, 0) is 6.61 Å². The van der Waals surface area contributed by atoms with Gasteiger partial charge in [0.2, 0.25) is 0 Å².